The summed E-state index contributed by atoms with van der Waals surface area (Å²) in [5.41, 5.74) is 5.92. The first-order chi connectivity index (χ1) is 7.08. The quantitative estimate of drug-likeness (QED) is 0.836. The Morgan fingerprint density at radius 2 is 1.69 bits per heavy atom. The molecule has 16 heavy (non-hydrogen) atoms. The van der Waals surface area contributed by atoms with E-state index in [0.29, 0.717) is 17.1 Å². The fourth-order valence-corrected chi connectivity index (χ4v) is 1.15. The van der Waals surface area contributed by atoms with Crippen molar-refractivity contribution in [1.82, 2.24) is 0 Å². The van der Waals surface area contributed by atoms with Crippen LogP contribution in [0, 0.1) is 0 Å². The minimum atomic E-state index is -1.09. The molecular weight excluding hydrogens is 234 g/mol. The number of aliphatic carboxylic acids is 1. The highest BCUT2D eigenvalue weighted by Crippen LogP contribution is 2.25. The number of methoxy groups -OCH3 is 2. The largest absolute Gasteiger partial charge is 0.497 e. The molecular formula is C10H14ClNO4. The lowest BCUT2D eigenvalue weighted by Gasteiger charge is -2.11. The van der Waals surface area contributed by atoms with Crippen molar-refractivity contribution in [3.8, 4) is 11.5 Å². The maximum atomic E-state index is 10.7. The summed E-state index contributed by atoms with van der Waals surface area (Å²) >= 11 is 0. The van der Waals surface area contributed by atoms with Gasteiger partial charge in [0.15, 0.2) is 0 Å². The molecule has 1 rings (SSSR count). The first kappa shape index (κ1) is 14.5. The van der Waals surface area contributed by atoms with Gasteiger partial charge < -0.3 is 20.3 Å². The van der Waals surface area contributed by atoms with Crippen molar-refractivity contribution in [2.75, 3.05) is 14.2 Å². The fourth-order valence-electron chi connectivity index (χ4n) is 1.15. The lowest BCUT2D eigenvalue weighted by atomic mass is 10.1. The highest BCUT2D eigenvalue weighted by molar-refractivity contribution is 5.85. The Balaban J connectivity index is 0.00000225. The first-order valence-electron chi connectivity index (χ1n) is 4.30. The number of hydrogen-bond donors (Lipinski definition) is 2. The SMILES string of the molecule is COc1cc(OC)cc([C@@H](N)C(=O)O)c1.Cl. The molecule has 0 amide bonds. The van der Waals surface area contributed by atoms with Crippen LogP contribution >= 0.6 is 12.4 Å². The zero-order chi connectivity index (χ0) is 11.4. The van der Waals surface area contributed by atoms with Gasteiger partial charge in [-0.2, -0.15) is 0 Å². The third kappa shape index (κ3) is 3.29. The molecule has 1 aromatic rings. The number of carboxylic acids is 1. The van der Waals surface area contributed by atoms with Crippen LogP contribution < -0.4 is 15.2 Å². The van der Waals surface area contributed by atoms with Crippen molar-refractivity contribution in [3.05, 3.63) is 23.8 Å². The van der Waals surface area contributed by atoms with E-state index in [2.05, 4.69) is 0 Å². The number of nitrogens with two attached hydrogens (primary N) is 1. The van der Waals surface area contributed by atoms with Gasteiger partial charge in [-0.3, -0.25) is 4.79 Å². The van der Waals surface area contributed by atoms with Crippen molar-refractivity contribution >= 4 is 18.4 Å². The van der Waals surface area contributed by atoms with Gasteiger partial charge in [-0.05, 0) is 17.7 Å². The molecule has 0 saturated heterocycles. The highest BCUT2D eigenvalue weighted by atomic mass is 35.5. The average molecular weight is 248 g/mol. The molecule has 0 fully saturated rings. The zero-order valence-electron chi connectivity index (χ0n) is 8.97. The van der Waals surface area contributed by atoms with E-state index in [1.165, 1.54) is 14.2 Å². The van der Waals surface area contributed by atoms with Crippen LogP contribution in [-0.4, -0.2) is 25.3 Å². The minimum absolute atomic E-state index is 0. The molecule has 0 bridgehead atoms. The second-order valence-electron chi connectivity index (χ2n) is 2.96. The van der Waals surface area contributed by atoms with Crippen LogP contribution in [0.5, 0.6) is 11.5 Å². The number of carbonyl (C=O) groups is 1. The van der Waals surface area contributed by atoms with Gasteiger partial charge in [0.05, 0.1) is 14.2 Å². The molecule has 0 spiro atoms. The predicted molar refractivity (Wildman–Crippen MR) is 61.4 cm³/mol. The molecule has 0 unspecified atom stereocenters. The number of ether oxygens (including phenoxy) is 2. The van der Waals surface area contributed by atoms with Gasteiger partial charge in [0, 0.05) is 6.07 Å². The molecule has 0 aliphatic rings. The van der Waals surface area contributed by atoms with Crippen LogP contribution in [0.25, 0.3) is 0 Å². The van der Waals surface area contributed by atoms with E-state index >= 15 is 0 Å². The van der Waals surface area contributed by atoms with Crippen molar-refractivity contribution in [1.29, 1.82) is 0 Å². The summed E-state index contributed by atoms with van der Waals surface area (Å²) in [6.07, 6.45) is 0. The summed E-state index contributed by atoms with van der Waals surface area (Å²) < 4.78 is 10.00. The van der Waals surface area contributed by atoms with Crippen LogP contribution in [0.15, 0.2) is 18.2 Å². The molecule has 6 heteroatoms. The molecule has 1 atom stereocenters. The Labute approximate surface area is 99.6 Å². The summed E-state index contributed by atoms with van der Waals surface area (Å²) in [4.78, 5) is 10.7. The summed E-state index contributed by atoms with van der Waals surface area (Å²) in [6, 6.07) is 3.72. The van der Waals surface area contributed by atoms with Crippen molar-refractivity contribution < 1.29 is 19.4 Å². The van der Waals surface area contributed by atoms with Gasteiger partial charge >= 0.3 is 5.97 Å². The molecule has 0 heterocycles. The molecule has 1 aromatic carbocycles. The van der Waals surface area contributed by atoms with Gasteiger partial charge in [-0.1, -0.05) is 0 Å². The summed E-state index contributed by atoms with van der Waals surface area (Å²) in [7, 11) is 2.98. The van der Waals surface area contributed by atoms with Crippen molar-refractivity contribution in [2.45, 2.75) is 6.04 Å². The monoisotopic (exact) mass is 247 g/mol. The Bertz CT molecular complexity index is 348. The normalized spacial score (nSPS) is 11.2. The number of halogens is 1. The number of benzene rings is 1. The Morgan fingerprint density at radius 3 is 2.00 bits per heavy atom. The summed E-state index contributed by atoms with van der Waals surface area (Å²) in [5, 5.41) is 8.76. The van der Waals surface area contributed by atoms with Crippen LogP contribution in [0.1, 0.15) is 11.6 Å². The highest BCUT2D eigenvalue weighted by Gasteiger charge is 2.16. The first-order valence-corrected chi connectivity index (χ1v) is 4.30. The maximum Gasteiger partial charge on any atom is 0.325 e. The van der Waals surface area contributed by atoms with Gasteiger partial charge in [-0.25, -0.2) is 0 Å². The van der Waals surface area contributed by atoms with E-state index < -0.39 is 12.0 Å². The van der Waals surface area contributed by atoms with Crippen LogP contribution in [0.2, 0.25) is 0 Å². The van der Waals surface area contributed by atoms with Crippen LogP contribution in [-0.2, 0) is 4.79 Å². The van der Waals surface area contributed by atoms with Crippen molar-refractivity contribution in [2.24, 2.45) is 5.73 Å². The molecule has 0 aromatic heterocycles. The summed E-state index contributed by atoms with van der Waals surface area (Å²) in [5.74, 6) is -0.0626. The Hall–Kier alpha value is -1.46. The second-order valence-corrected chi connectivity index (χ2v) is 2.96. The van der Waals surface area contributed by atoms with Gasteiger partial charge in [0.2, 0.25) is 0 Å². The number of carboxylic acid groups (broad SMARTS) is 1. The zero-order valence-corrected chi connectivity index (χ0v) is 9.78. The minimum Gasteiger partial charge on any atom is -0.497 e. The number of rotatable bonds is 4. The van der Waals surface area contributed by atoms with E-state index in [1.807, 2.05) is 0 Å². The van der Waals surface area contributed by atoms with E-state index in [1.54, 1.807) is 18.2 Å². The van der Waals surface area contributed by atoms with Gasteiger partial charge in [0.25, 0.3) is 0 Å². The third-order valence-corrected chi connectivity index (χ3v) is 2.00. The summed E-state index contributed by atoms with van der Waals surface area (Å²) in [6.45, 7) is 0. The maximum absolute atomic E-state index is 10.7. The molecule has 0 radical (unpaired) electrons. The lowest BCUT2D eigenvalue weighted by Crippen LogP contribution is -2.20. The Morgan fingerprint density at radius 1 is 1.25 bits per heavy atom. The van der Waals surface area contributed by atoms with E-state index in [0.717, 1.165) is 0 Å². The van der Waals surface area contributed by atoms with E-state index in [-0.39, 0.29) is 12.4 Å². The van der Waals surface area contributed by atoms with E-state index in [4.69, 9.17) is 20.3 Å². The second kappa shape index (κ2) is 6.19. The number of hydrogen-bond acceptors (Lipinski definition) is 4. The lowest BCUT2D eigenvalue weighted by molar-refractivity contribution is -0.138. The topological polar surface area (TPSA) is 81.8 Å². The fraction of sp³-hybridized carbons (Fsp3) is 0.300. The predicted octanol–water partition coefficient (Wildman–Crippen LogP) is 1.21. The van der Waals surface area contributed by atoms with E-state index in [9.17, 15) is 4.79 Å². The van der Waals surface area contributed by atoms with Gasteiger partial charge in [0.1, 0.15) is 17.5 Å². The molecule has 3 N–H and O–H groups in total. The van der Waals surface area contributed by atoms with Gasteiger partial charge in [-0.15, -0.1) is 12.4 Å². The van der Waals surface area contributed by atoms with Crippen LogP contribution in [0.3, 0.4) is 0 Å². The molecule has 5 nitrogen and oxygen atoms in total. The molecule has 0 aliphatic carbocycles. The molecule has 90 valence electrons. The Kier molecular flexibility index (Phi) is 5.63. The average Bonchev–Trinajstić information content (AvgIpc) is 2.27. The third-order valence-electron chi connectivity index (χ3n) is 2.00. The smallest absolute Gasteiger partial charge is 0.325 e. The standard InChI is InChI=1S/C10H13NO4.ClH/c1-14-7-3-6(9(11)10(12)13)4-8(5-7)15-2;/h3-5,9H,11H2,1-2H3,(H,12,13);1H/t9-;/m1./s1. The van der Waals surface area contributed by atoms with Crippen LogP contribution in [0.4, 0.5) is 0 Å². The van der Waals surface area contributed by atoms with Crippen molar-refractivity contribution in [3.63, 3.8) is 0 Å². The molecule has 0 aliphatic heterocycles. The molecule has 0 saturated carbocycles.